The van der Waals surface area contributed by atoms with Crippen LogP contribution in [0.3, 0.4) is 0 Å². The molecule has 0 saturated carbocycles. The van der Waals surface area contributed by atoms with Gasteiger partial charge >= 0.3 is 5.97 Å². The van der Waals surface area contributed by atoms with Gasteiger partial charge in [0.1, 0.15) is 0 Å². The van der Waals surface area contributed by atoms with Crippen LogP contribution in [0.5, 0.6) is 0 Å². The smallest absolute Gasteiger partial charge is 0.335 e. The van der Waals surface area contributed by atoms with Crippen molar-refractivity contribution in [1.29, 1.82) is 0 Å². The van der Waals surface area contributed by atoms with Gasteiger partial charge in [0.2, 0.25) is 0 Å². The van der Waals surface area contributed by atoms with Crippen molar-refractivity contribution in [3.8, 4) is 0 Å². The Kier molecular flexibility index (Phi) is 2.48. The highest BCUT2D eigenvalue weighted by molar-refractivity contribution is 5.88. The SMILES string of the molecule is O=C(O)c1cccc(C=CO)c1. The molecule has 0 heterocycles. The van der Waals surface area contributed by atoms with Crippen molar-refractivity contribution in [2.24, 2.45) is 0 Å². The lowest BCUT2D eigenvalue weighted by molar-refractivity contribution is 0.0697. The maximum absolute atomic E-state index is 10.5. The van der Waals surface area contributed by atoms with Crippen LogP contribution in [0, 0.1) is 0 Å². The Bertz CT molecular complexity index is 315. The lowest BCUT2D eigenvalue weighted by Gasteiger charge is -1.95. The molecule has 3 nitrogen and oxygen atoms in total. The van der Waals surface area contributed by atoms with Crippen LogP contribution < -0.4 is 0 Å². The van der Waals surface area contributed by atoms with Crippen molar-refractivity contribution in [1.82, 2.24) is 0 Å². The lowest BCUT2D eigenvalue weighted by atomic mass is 10.1. The molecule has 1 aromatic carbocycles. The quantitative estimate of drug-likeness (QED) is 0.656. The normalized spacial score (nSPS) is 10.3. The minimum atomic E-state index is -0.969. The molecular weight excluding hydrogens is 156 g/mol. The summed E-state index contributed by atoms with van der Waals surface area (Å²) in [7, 11) is 0. The molecule has 0 unspecified atom stereocenters. The number of aliphatic hydroxyl groups excluding tert-OH is 1. The number of aliphatic hydroxyl groups is 1. The van der Waals surface area contributed by atoms with Crippen molar-refractivity contribution in [3.63, 3.8) is 0 Å². The number of hydrogen-bond donors (Lipinski definition) is 2. The third-order valence-electron chi connectivity index (χ3n) is 1.40. The van der Waals surface area contributed by atoms with Gasteiger partial charge in [0.15, 0.2) is 0 Å². The highest BCUT2D eigenvalue weighted by Gasteiger charge is 2.00. The van der Waals surface area contributed by atoms with E-state index in [2.05, 4.69) is 0 Å². The fraction of sp³-hybridized carbons (Fsp3) is 0. The summed E-state index contributed by atoms with van der Waals surface area (Å²) in [6, 6.07) is 6.31. The number of hydrogen-bond acceptors (Lipinski definition) is 2. The Morgan fingerprint density at radius 3 is 2.75 bits per heavy atom. The first-order chi connectivity index (χ1) is 5.74. The van der Waals surface area contributed by atoms with Crippen molar-refractivity contribution in [2.45, 2.75) is 0 Å². The maximum atomic E-state index is 10.5. The molecule has 0 aliphatic carbocycles. The summed E-state index contributed by atoms with van der Waals surface area (Å²) in [4.78, 5) is 10.5. The van der Waals surface area contributed by atoms with E-state index in [1.807, 2.05) is 0 Å². The number of rotatable bonds is 2. The van der Waals surface area contributed by atoms with Crippen molar-refractivity contribution in [3.05, 3.63) is 41.7 Å². The zero-order chi connectivity index (χ0) is 8.97. The second-order valence-corrected chi connectivity index (χ2v) is 2.25. The van der Waals surface area contributed by atoms with Crippen LogP contribution in [0.2, 0.25) is 0 Å². The summed E-state index contributed by atoms with van der Waals surface area (Å²) >= 11 is 0. The van der Waals surface area contributed by atoms with Crippen LogP contribution in [0.1, 0.15) is 15.9 Å². The molecule has 0 aromatic heterocycles. The predicted molar refractivity (Wildman–Crippen MR) is 45.1 cm³/mol. The summed E-state index contributed by atoms with van der Waals surface area (Å²) in [6.45, 7) is 0. The van der Waals surface area contributed by atoms with Gasteiger partial charge in [-0.2, -0.15) is 0 Å². The van der Waals surface area contributed by atoms with Crippen LogP contribution >= 0.6 is 0 Å². The van der Waals surface area contributed by atoms with Gasteiger partial charge in [0.05, 0.1) is 11.8 Å². The van der Waals surface area contributed by atoms with E-state index >= 15 is 0 Å². The average molecular weight is 164 g/mol. The fourth-order valence-corrected chi connectivity index (χ4v) is 0.861. The molecule has 0 amide bonds. The second-order valence-electron chi connectivity index (χ2n) is 2.25. The van der Waals surface area contributed by atoms with E-state index in [9.17, 15) is 4.79 Å². The standard InChI is InChI=1S/C9H8O3/c10-5-4-7-2-1-3-8(6-7)9(11)12/h1-6,10H,(H,11,12). The third-order valence-corrected chi connectivity index (χ3v) is 1.40. The molecule has 12 heavy (non-hydrogen) atoms. The minimum absolute atomic E-state index is 0.214. The van der Waals surface area contributed by atoms with E-state index in [0.29, 0.717) is 5.56 Å². The molecule has 3 heteroatoms. The number of aromatic carboxylic acids is 1. The van der Waals surface area contributed by atoms with Gasteiger partial charge in [-0.05, 0) is 23.8 Å². The average Bonchev–Trinajstić information content (AvgIpc) is 2.05. The Labute approximate surface area is 69.6 Å². The monoisotopic (exact) mass is 164 g/mol. The van der Waals surface area contributed by atoms with Gasteiger partial charge in [0, 0.05) is 0 Å². The summed E-state index contributed by atoms with van der Waals surface area (Å²) < 4.78 is 0. The summed E-state index contributed by atoms with van der Waals surface area (Å²) in [5, 5.41) is 17.0. The van der Waals surface area contributed by atoms with Crippen LogP contribution in [-0.2, 0) is 0 Å². The molecule has 0 bridgehead atoms. The Morgan fingerprint density at radius 2 is 2.17 bits per heavy atom. The molecule has 0 radical (unpaired) electrons. The van der Waals surface area contributed by atoms with Gasteiger partial charge in [0.25, 0.3) is 0 Å². The van der Waals surface area contributed by atoms with Crippen molar-refractivity contribution < 1.29 is 15.0 Å². The van der Waals surface area contributed by atoms with Crippen LogP contribution in [0.25, 0.3) is 6.08 Å². The first kappa shape index (κ1) is 8.33. The number of carboxylic acids is 1. The maximum Gasteiger partial charge on any atom is 0.335 e. The minimum Gasteiger partial charge on any atom is -0.516 e. The van der Waals surface area contributed by atoms with Crippen molar-refractivity contribution in [2.75, 3.05) is 0 Å². The molecule has 0 saturated heterocycles. The summed E-state index contributed by atoms with van der Waals surface area (Å²) in [5.74, 6) is -0.969. The Balaban J connectivity index is 3.03. The molecule has 1 aromatic rings. The largest absolute Gasteiger partial charge is 0.516 e. The molecule has 0 aliphatic heterocycles. The second kappa shape index (κ2) is 3.57. The predicted octanol–water partition coefficient (Wildman–Crippen LogP) is 1.91. The molecule has 62 valence electrons. The molecule has 1 rings (SSSR count). The number of carbonyl (C=O) groups is 1. The van der Waals surface area contributed by atoms with Gasteiger partial charge in [-0.25, -0.2) is 4.79 Å². The fourth-order valence-electron chi connectivity index (χ4n) is 0.861. The van der Waals surface area contributed by atoms with E-state index in [1.165, 1.54) is 18.2 Å². The topological polar surface area (TPSA) is 57.5 Å². The Hall–Kier alpha value is -1.77. The molecule has 2 N–H and O–H groups in total. The van der Waals surface area contributed by atoms with Crippen molar-refractivity contribution >= 4 is 12.0 Å². The van der Waals surface area contributed by atoms with E-state index in [4.69, 9.17) is 10.2 Å². The zero-order valence-corrected chi connectivity index (χ0v) is 6.27. The molecule has 0 aliphatic rings. The molecule has 0 fully saturated rings. The summed E-state index contributed by atoms with van der Waals surface area (Å²) in [6.07, 6.45) is 2.30. The highest BCUT2D eigenvalue weighted by Crippen LogP contribution is 2.06. The van der Waals surface area contributed by atoms with E-state index in [0.717, 1.165) is 6.26 Å². The molecular formula is C9H8O3. The van der Waals surface area contributed by atoms with Gasteiger partial charge in [-0.1, -0.05) is 12.1 Å². The molecule has 0 atom stereocenters. The van der Waals surface area contributed by atoms with E-state index < -0.39 is 5.97 Å². The van der Waals surface area contributed by atoms with Gasteiger partial charge in [-0.15, -0.1) is 0 Å². The zero-order valence-electron chi connectivity index (χ0n) is 6.27. The van der Waals surface area contributed by atoms with E-state index in [-0.39, 0.29) is 5.56 Å². The number of benzene rings is 1. The Morgan fingerprint density at radius 1 is 1.42 bits per heavy atom. The number of carboxylic acid groups (broad SMARTS) is 1. The van der Waals surface area contributed by atoms with Crippen LogP contribution in [-0.4, -0.2) is 16.2 Å². The van der Waals surface area contributed by atoms with E-state index in [1.54, 1.807) is 12.1 Å². The highest BCUT2D eigenvalue weighted by atomic mass is 16.4. The third kappa shape index (κ3) is 1.85. The molecule has 0 spiro atoms. The van der Waals surface area contributed by atoms with Crippen LogP contribution in [0.15, 0.2) is 30.5 Å². The van der Waals surface area contributed by atoms with Gasteiger partial charge in [-0.3, -0.25) is 0 Å². The first-order valence-electron chi connectivity index (χ1n) is 3.38. The van der Waals surface area contributed by atoms with Gasteiger partial charge < -0.3 is 10.2 Å². The summed E-state index contributed by atoms with van der Waals surface area (Å²) in [5.41, 5.74) is 0.878. The van der Waals surface area contributed by atoms with Crippen LogP contribution in [0.4, 0.5) is 0 Å². The lowest BCUT2D eigenvalue weighted by Crippen LogP contribution is -1.95. The first-order valence-corrected chi connectivity index (χ1v) is 3.38.